The van der Waals surface area contributed by atoms with E-state index in [9.17, 15) is 39.0 Å². The highest BCUT2D eigenvalue weighted by Gasteiger charge is 2.53. The number of furan rings is 1. The molecule has 2 N–H and O–H groups in total. The molecule has 4 heterocycles. The second-order valence-corrected chi connectivity index (χ2v) is 21.6. The van der Waals surface area contributed by atoms with Gasteiger partial charge in [-0.25, -0.2) is 4.79 Å². The van der Waals surface area contributed by atoms with Gasteiger partial charge in [-0.3, -0.25) is 24.0 Å². The number of nitrogens with zero attached hydrogens (tertiary/aromatic N) is 1. The monoisotopic (exact) mass is 1030 g/mol. The number of terminal acetylenes is 1. The summed E-state index contributed by atoms with van der Waals surface area (Å²) in [5, 5.41) is 23.7. The normalized spacial score (nSPS) is 36.7. The van der Waals surface area contributed by atoms with Gasteiger partial charge in [-0.15, -0.1) is 12.3 Å². The molecule has 1 aromatic heterocycles. The van der Waals surface area contributed by atoms with Crippen molar-refractivity contribution in [2.45, 2.75) is 193 Å². The van der Waals surface area contributed by atoms with Gasteiger partial charge in [-0.1, -0.05) is 76.6 Å². The molecule has 1 unspecified atom stereocenters. The van der Waals surface area contributed by atoms with Crippen LogP contribution in [-0.4, -0.2) is 120 Å². The van der Waals surface area contributed by atoms with E-state index in [1.165, 1.54) is 12.0 Å². The molecule has 1 aliphatic carbocycles. The third-order valence-corrected chi connectivity index (χ3v) is 15.9. The first kappa shape index (κ1) is 59.9. The van der Waals surface area contributed by atoms with Crippen LogP contribution in [0.15, 0.2) is 70.4 Å². The molecule has 1 amide bonds. The van der Waals surface area contributed by atoms with Gasteiger partial charge < -0.3 is 43.2 Å². The van der Waals surface area contributed by atoms with Gasteiger partial charge in [0.1, 0.15) is 42.0 Å². The summed E-state index contributed by atoms with van der Waals surface area (Å²) in [6.45, 7) is 12.7. The summed E-state index contributed by atoms with van der Waals surface area (Å²) in [6, 6.07) is 2.47. The van der Waals surface area contributed by atoms with Crippen molar-refractivity contribution >= 4 is 35.2 Å². The zero-order valence-electron chi connectivity index (χ0n) is 45.2. The van der Waals surface area contributed by atoms with E-state index >= 15 is 0 Å². The fraction of sp³-hybridized carbons (Fsp3) is 0.661. The molecule has 2 bridgehead atoms. The van der Waals surface area contributed by atoms with E-state index in [1.54, 1.807) is 46.3 Å². The maximum atomic E-state index is 14.6. The van der Waals surface area contributed by atoms with Gasteiger partial charge in [-0.2, -0.15) is 0 Å². The molecule has 4 aliphatic rings. The summed E-state index contributed by atoms with van der Waals surface area (Å²) < 4.78 is 35.7. The van der Waals surface area contributed by atoms with Gasteiger partial charge in [0.25, 0.3) is 11.7 Å². The maximum Gasteiger partial charge on any atom is 0.329 e. The molecule has 15 heteroatoms. The number of methoxy groups -OCH3 is 2. The highest BCUT2D eigenvalue weighted by molar-refractivity contribution is 6.39. The van der Waals surface area contributed by atoms with E-state index in [4.69, 9.17) is 34.5 Å². The van der Waals surface area contributed by atoms with E-state index < -0.39 is 95.8 Å². The molecular weight excluding hydrogens is 947 g/mol. The van der Waals surface area contributed by atoms with Crippen molar-refractivity contribution in [3.8, 4) is 12.3 Å². The number of rotatable bonds is 9. The SMILES string of the molecule is C#CCCC(=O)O[C@@H]1CC[C@@H](C[C@@H](C)[C@@H]2CC(=O)[C@H](C)/C=C(\C)[C@@H](O)[C@@H](OC)C(=O)[C@H](C)C[C@H](C)/C=C/C=C/C=C(\C)C(c3ccco3)C[C@@H]3CC[C@@H](C)[C@@](O)(O3)C(=O)C(=O)N3CCCC[C@H]3C(=O)O2)C[C@H]1OC. The molecule has 1 saturated carbocycles. The number of carbonyl (C=O) groups is 6. The number of fused-ring (bicyclic) bond motifs is 3. The summed E-state index contributed by atoms with van der Waals surface area (Å²) in [5.41, 5.74) is 1.30. The smallest absolute Gasteiger partial charge is 0.329 e. The molecule has 3 fully saturated rings. The van der Waals surface area contributed by atoms with E-state index in [2.05, 4.69) is 5.92 Å². The Bertz CT molecular complexity index is 2240. The quantitative estimate of drug-likeness (QED) is 0.103. The van der Waals surface area contributed by atoms with Gasteiger partial charge in [0.2, 0.25) is 5.79 Å². The summed E-state index contributed by atoms with van der Waals surface area (Å²) in [6.07, 6.45) is 18.6. The Balaban J connectivity index is 1.47. The maximum absolute atomic E-state index is 14.6. The number of hydrogen-bond donors (Lipinski definition) is 2. The topological polar surface area (TPSA) is 205 Å². The molecule has 0 radical (unpaired) electrons. The Morgan fingerprint density at radius 2 is 1.69 bits per heavy atom. The van der Waals surface area contributed by atoms with Crippen molar-refractivity contribution in [3.05, 3.63) is 71.8 Å². The lowest BCUT2D eigenvalue weighted by Crippen LogP contribution is -2.60. The zero-order chi connectivity index (χ0) is 54.3. The number of ether oxygens (including phenoxy) is 5. The van der Waals surface area contributed by atoms with Gasteiger partial charge in [0.05, 0.1) is 24.9 Å². The third kappa shape index (κ3) is 15.8. The second-order valence-electron chi connectivity index (χ2n) is 21.6. The highest BCUT2D eigenvalue weighted by Crippen LogP contribution is 2.40. The fourth-order valence-electron chi connectivity index (χ4n) is 11.2. The van der Waals surface area contributed by atoms with E-state index in [-0.39, 0.29) is 61.5 Å². The van der Waals surface area contributed by atoms with Crippen LogP contribution in [0.2, 0.25) is 0 Å². The minimum atomic E-state index is -2.47. The Morgan fingerprint density at radius 1 is 0.932 bits per heavy atom. The lowest BCUT2D eigenvalue weighted by molar-refractivity contribution is -0.264. The minimum Gasteiger partial charge on any atom is -0.469 e. The summed E-state index contributed by atoms with van der Waals surface area (Å²) >= 11 is 0. The summed E-state index contributed by atoms with van der Waals surface area (Å²) in [5.74, 6) is -5.92. The lowest BCUT2D eigenvalue weighted by atomic mass is 9.78. The lowest BCUT2D eigenvalue weighted by Gasteiger charge is -2.42. The number of carbonyl (C=O) groups excluding carboxylic acids is 6. The van der Waals surface area contributed by atoms with Crippen LogP contribution < -0.4 is 0 Å². The molecule has 0 aromatic carbocycles. The van der Waals surface area contributed by atoms with Crippen LogP contribution in [0.25, 0.3) is 0 Å². The van der Waals surface area contributed by atoms with Crippen molar-refractivity contribution in [2.75, 3.05) is 20.8 Å². The van der Waals surface area contributed by atoms with Crippen molar-refractivity contribution in [1.82, 2.24) is 4.90 Å². The first-order valence-corrected chi connectivity index (χ1v) is 26.8. The van der Waals surface area contributed by atoms with Gasteiger partial charge in [0, 0.05) is 57.3 Å². The van der Waals surface area contributed by atoms with E-state index in [0.717, 1.165) is 5.57 Å². The minimum absolute atomic E-state index is 0.00506. The number of Topliss-reactive ketones (excluding diaryl/α,β-unsaturated/α-hetero) is 3. The van der Waals surface area contributed by atoms with Crippen LogP contribution in [0.4, 0.5) is 0 Å². The summed E-state index contributed by atoms with van der Waals surface area (Å²) in [7, 11) is 2.94. The Morgan fingerprint density at radius 3 is 2.38 bits per heavy atom. The van der Waals surface area contributed by atoms with E-state index in [1.807, 2.05) is 64.1 Å². The number of hydrogen-bond acceptors (Lipinski definition) is 14. The van der Waals surface area contributed by atoms with Crippen LogP contribution in [0.5, 0.6) is 0 Å². The number of aliphatic hydroxyl groups excluding tert-OH is 1. The van der Waals surface area contributed by atoms with Crippen molar-refractivity contribution < 1.29 is 67.1 Å². The second kappa shape index (κ2) is 28.2. The predicted octanol–water partition coefficient (Wildman–Crippen LogP) is 8.51. The molecule has 3 aliphatic heterocycles. The number of allylic oxidation sites excluding steroid dienone is 7. The fourth-order valence-corrected chi connectivity index (χ4v) is 11.2. The zero-order valence-corrected chi connectivity index (χ0v) is 45.2. The van der Waals surface area contributed by atoms with Crippen LogP contribution >= 0.6 is 0 Å². The Kier molecular flexibility index (Phi) is 22.9. The molecule has 5 rings (SSSR count). The van der Waals surface area contributed by atoms with E-state index in [0.29, 0.717) is 75.5 Å². The predicted molar refractivity (Wildman–Crippen MR) is 278 cm³/mol. The van der Waals surface area contributed by atoms with Crippen molar-refractivity contribution in [2.24, 2.45) is 35.5 Å². The average molecular weight is 1030 g/mol. The van der Waals surface area contributed by atoms with Gasteiger partial charge >= 0.3 is 11.9 Å². The number of amides is 1. The number of ketones is 3. The van der Waals surface area contributed by atoms with Crippen LogP contribution in [0.1, 0.15) is 150 Å². The Hall–Kier alpha value is -4.98. The number of aliphatic hydroxyl groups is 2. The number of piperidine rings is 1. The summed E-state index contributed by atoms with van der Waals surface area (Å²) in [4.78, 5) is 85.3. The highest BCUT2D eigenvalue weighted by atomic mass is 16.6. The molecule has 2 saturated heterocycles. The number of cyclic esters (lactones) is 1. The molecule has 74 heavy (non-hydrogen) atoms. The molecule has 408 valence electrons. The van der Waals surface area contributed by atoms with Crippen LogP contribution in [0.3, 0.4) is 0 Å². The average Bonchev–Trinajstić information content (AvgIpc) is 3.92. The molecule has 1 aromatic rings. The van der Waals surface area contributed by atoms with Crippen molar-refractivity contribution in [3.63, 3.8) is 0 Å². The first-order chi connectivity index (χ1) is 35.2. The van der Waals surface area contributed by atoms with Gasteiger partial charge in [-0.05, 0) is 120 Å². The van der Waals surface area contributed by atoms with Gasteiger partial charge in [0.15, 0.2) is 5.78 Å². The number of esters is 2. The molecule has 0 spiro atoms. The largest absolute Gasteiger partial charge is 0.469 e. The van der Waals surface area contributed by atoms with Crippen molar-refractivity contribution in [1.29, 1.82) is 0 Å². The Labute approximate surface area is 438 Å². The molecule has 15 nitrogen and oxygen atoms in total. The first-order valence-electron chi connectivity index (χ1n) is 26.8. The molecule has 15 atom stereocenters. The molecular formula is C59H83NO14. The standard InChI is InChI=1S/C59H83NO14/c1-11-12-23-52(62)72-49-27-25-43(33-51(49)69-9)32-39(5)50-35-47(61)38(4)31-41(7)54(64)55(70-10)53(63)40(6)30-36(2)19-14-13-15-20-37(3)45(48-22-18-29-71-48)34-44-26-24-42(8)59(68,74-44)56(65)57(66)60-28-17-16-21-46(60)58(67)73-50/h1,13-15,18-20,22,29,31,36,38-40,42-46,49-51,54-55,64,68H,12,16-17,21,23-28,30,32-35H2,2-10H3/b15-13+,19-14+,37-20+,41-31+/t36-,38-,39-,40-,42-,43+,44+,45?,46+,49-,50+,51-,54-,55+,59-/m1/s1. The van der Waals surface area contributed by atoms with Crippen LogP contribution in [0, 0.1) is 47.9 Å². The van der Waals surface area contributed by atoms with Crippen LogP contribution in [-0.2, 0) is 52.5 Å². The third-order valence-electron chi connectivity index (χ3n) is 15.9.